The lowest BCUT2D eigenvalue weighted by atomic mass is 9.94. The lowest BCUT2D eigenvalue weighted by molar-refractivity contribution is -0.136. The molecule has 2 aliphatic heterocycles. The van der Waals surface area contributed by atoms with Gasteiger partial charge >= 0.3 is 0 Å². The fraction of sp³-hybridized carbons (Fsp3) is 0.889. The smallest absolute Gasteiger partial charge is 0.236 e. The first-order valence-electron chi connectivity index (χ1n) is 9.68. The van der Waals surface area contributed by atoms with Crippen molar-refractivity contribution in [2.24, 2.45) is 17.6 Å². The van der Waals surface area contributed by atoms with Crippen molar-refractivity contribution in [3.63, 3.8) is 0 Å². The van der Waals surface area contributed by atoms with Crippen LogP contribution in [0.15, 0.2) is 0 Å². The van der Waals surface area contributed by atoms with E-state index >= 15 is 0 Å². The molecule has 2 heterocycles. The monoisotopic (exact) mass is 336 g/mol. The molecule has 0 aromatic rings. The largest absolute Gasteiger partial charge is 0.342 e. The lowest BCUT2D eigenvalue weighted by Gasteiger charge is -2.27. The number of carbonyl (C=O) groups excluding carboxylic acids is 2. The molecule has 0 spiro atoms. The van der Waals surface area contributed by atoms with Gasteiger partial charge in [0.1, 0.15) is 0 Å². The van der Waals surface area contributed by atoms with Crippen molar-refractivity contribution in [1.29, 1.82) is 0 Å². The summed E-state index contributed by atoms with van der Waals surface area (Å²) in [5.74, 6) is 1.06. The molecule has 2 amide bonds. The summed E-state index contributed by atoms with van der Waals surface area (Å²) in [5.41, 5.74) is 5.84. The molecule has 1 saturated carbocycles. The van der Waals surface area contributed by atoms with Crippen LogP contribution in [0.4, 0.5) is 0 Å². The second kappa shape index (κ2) is 8.30. The predicted octanol–water partition coefficient (Wildman–Crippen LogP) is 0.518. The second-order valence-electron chi connectivity index (χ2n) is 7.58. The third kappa shape index (κ3) is 4.09. The number of amides is 2. The number of likely N-dealkylation sites (tertiary alicyclic amines) is 1. The molecule has 0 aromatic heterocycles. The second-order valence-corrected chi connectivity index (χ2v) is 7.58. The van der Waals surface area contributed by atoms with E-state index in [1.165, 1.54) is 0 Å². The van der Waals surface area contributed by atoms with Gasteiger partial charge in [0.05, 0.1) is 6.54 Å². The molecule has 3 rings (SSSR count). The number of hydrogen-bond donors (Lipinski definition) is 1. The summed E-state index contributed by atoms with van der Waals surface area (Å²) in [6.45, 7) is 6.26. The van der Waals surface area contributed by atoms with Gasteiger partial charge in [-0.25, -0.2) is 0 Å². The van der Waals surface area contributed by atoms with Gasteiger partial charge in [0.2, 0.25) is 11.8 Å². The van der Waals surface area contributed by atoms with Crippen LogP contribution in [0.3, 0.4) is 0 Å². The Morgan fingerprint density at radius 1 is 0.833 bits per heavy atom. The molecule has 2 saturated heterocycles. The minimum Gasteiger partial charge on any atom is -0.342 e. The SMILES string of the molecule is NC[C@H]1CCC[C@H]1C(=O)N1CCCN(CC(=O)N2CCCC2)CC1. The van der Waals surface area contributed by atoms with Gasteiger partial charge in [0.15, 0.2) is 0 Å². The molecule has 2 N–H and O–H groups in total. The average Bonchev–Trinajstić information content (AvgIpc) is 3.23. The zero-order valence-corrected chi connectivity index (χ0v) is 14.8. The van der Waals surface area contributed by atoms with Gasteiger partial charge in [-0.15, -0.1) is 0 Å². The summed E-state index contributed by atoms with van der Waals surface area (Å²) in [4.78, 5) is 31.4. The van der Waals surface area contributed by atoms with E-state index in [1.807, 2.05) is 9.80 Å². The topological polar surface area (TPSA) is 69.9 Å². The normalized spacial score (nSPS) is 29.0. The highest BCUT2D eigenvalue weighted by Gasteiger charge is 2.35. The van der Waals surface area contributed by atoms with Crippen LogP contribution >= 0.6 is 0 Å². The lowest BCUT2D eigenvalue weighted by Crippen LogP contribution is -2.43. The maximum atomic E-state index is 12.8. The van der Waals surface area contributed by atoms with Crippen LogP contribution in [0.5, 0.6) is 0 Å². The highest BCUT2D eigenvalue weighted by atomic mass is 16.2. The zero-order valence-electron chi connectivity index (χ0n) is 14.8. The van der Waals surface area contributed by atoms with E-state index in [-0.39, 0.29) is 11.8 Å². The van der Waals surface area contributed by atoms with Gasteiger partial charge in [-0.3, -0.25) is 14.5 Å². The van der Waals surface area contributed by atoms with Gasteiger partial charge in [0, 0.05) is 45.2 Å². The first-order valence-corrected chi connectivity index (χ1v) is 9.68. The van der Waals surface area contributed by atoms with Crippen molar-refractivity contribution in [1.82, 2.24) is 14.7 Å². The number of nitrogens with two attached hydrogens (primary N) is 1. The molecule has 1 aliphatic carbocycles. The Balaban J connectivity index is 1.49. The van der Waals surface area contributed by atoms with Crippen molar-refractivity contribution in [3.05, 3.63) is 0 Å². The van der Waals surface area contributed by atoms with Gasteiger partial charge in [0.25, 0.3) is 0 Å². The van der Waals surface area contributed by atoms with Crippen molar-refractivity contribution in [3.8, 4) is 0 Å². The number of nitrogens with zero attached hydrogens (tertiary/aromatic N) is 3. The molecule has 0 radical (unpaired) electrons. The van der Waals surface area contributed by atoms with Crippen LogP contribution in [0.1, 0.15) is 38.5 Å². The van der Waals surface area contributed by atoms with E-state index in [9.17, 15) is 9.59 Å². The molecule has 0 aromatic carbocycles. The van der Waals surface area contributed by atoms with E-state index < -0.39 is 0 Å². The Kier molecular flexibility index (Phi) is 6.11. The van der Waals surface area contributed by atoms with Crippen molar-refractivity contribution in [2.45, 2.75) is 38.5 Å². The molecule has 6 nitrogen and oxygen atoms in total. The van der Waals surface area contributed by atoms with Crippen LogP contribution < -0.4 is 5.73 Å². The van der Waals surface area contributed by atoms with Crippen molar-refractivity contribution >= 4 is 11.8 Å². The third-order valence-electron chi connectivity index (χ3n) is 6.00. The Bertz CT molecular complexity index is 450. The molecule has 3 fully saturated rings. The Morgan fingerprint density at radius 2 is 1.58 bits per heavy atom. The van der Waals surface area contributed by atoms with E-state index in [4.69, 9.17) is 5.73 Å². The highest BCUT2D eigenvalue weighted by molar-refractivity contribution is 5.80. The minimum atomic E-state index is 0.132. The average molecular weight is 336 g/mol. The van der Waals surface area contributed by atoms with Gasteiger partial charge in [-0.05, 0) is 44.6 Å². The standard InChI is InChI=1S/C18H32N4O2/c19-13-15-5-3-6-16(15)18(24)22-10-4-7-20(11-12-22)14-17(23)21-8-1-2-9-21/h15-16H,1-14,19H2/t15-,16-/m1/s1. The maximum absolute atomic E-state index is 12.8. The maximum Gasteiger partial charge on any atom is 0.236 e. The molecule has 3 aliphatic rings. The summed E-state index contributed by atoms with van der Waals surface area (Å²) in [7, 11) is 0. The van der Waals surface area contributed by atoms with Gasteiger partial charge in [-0.2, -0.15) is 0 Å². The van der Waals surface area contributed by atoms with Crippen molar-refractivity contribution < 1.29 is 9.59 Å². The van der Waals surface area contributed by atoms with Crippen LogP contribution in [-0.2, 0) is 9.59 Å². The van der Waals surface area contributed by atoms with Gasteiger partial charge in [-0.1, -0.05) is 6.42 Å². The number of hydrogen-bond acceptors (Lipinski definition) is 4. The van der Waals surface area contributed by atoms with E-state index in [1.54, 1.807) is 0 Å². The third-order valence-corrected chi connectivity index (χ3v) is 6.00. The van der Waals surface area contributed by atoms with E-state index in [0.29, 0.717) is 24.9 Å². The quantitative estimate of drug-likeness (QED) is 0.812. The fourth-order valence-corrected chi connectivity index (χ4v) is 4.49. The first-order chi connectivity index (χ1) is 11.7. The minimum absolute atomic E-state index is 0.132. The molecular weight excluding hydrogens is 304 g/mol. The summed E-state index contributed by atoms with van der Waals surface area (Å²) >= 11 is 0. The summed E-state index contributed by atoms with van der Waals surface area (Å²) in [6.07, 6.45) is 6.45. The molecular formula is C18H32N4O2. The van der Waals surface area contributed by atoms with E-state index in [2.05, 4.69) is 4.90 Å². The van der Waals surface area contributed by atoms with Crippen LogP contribution in [0.2, 0.25) is 0 Å². The summed E-state index contributed by atoms with van der Waals surface area (Å²) < 4.78 is 0. The molecule has 6 heteroatoms. The van der Waals surface area contributed by atoms with E-state index in [0.717, 1.165) is 77.8 Å². The molecule has 24 heavy (non-hydrogen) atoms. The highest BCUT2D eigenvalue weighted by Crippen LogP contribution is 2.32. The first kappa shape index (κ1) is 17.7. The fourth-order valence-electron chi connectivity index (χ4n) is 4.49. The molecule has 0 bridgehead atoms. The molecule has 2 atom stereocenters. The van der Waals surface area contributed by atoms with Crippen LogP contribution in [0, 0.1) is 11.8 Å². The molecule has 0 unspecified atom stereocenters. The zero-order chi connectivity index (χ0) is 16.9. The summed E-state index contributed by atoms with van der Waals surface area (Å²) in [5, 5.41) is 0. The summed E-state index contributed by atoms with van der Waals surface area (Å²) in [6, 6.07) is 0. The van der Waals surface area contributed by atoms with Crippen LogP contribution in [-0.4, -0.2) is 78.9 Å². The van der Waals surface area contributed by atoms with Crippen molar-refractivity contribution in [2.75, 3.05) is 52.4 Å². The van der Waals surface area contributed by atoms with Crippen LogP contribution in [0.25, 0.3) is 0 Å². The molecule has 136 valence electrons. The Labute approximate surface area is 145 Å². The van der Waals surface area contributed by atoms with Gasteiger partial charge < -0.3 is 15.5 Å². The Morgan fingerprint density at radius 3 is 2.33 bits per heavy atom. The predicted molar refractivity (Wildman–Crippen MR) is 93.3 cm³/mol. The number of rotatable bonds is 4. The number of carbonyl (C=O) groups is 2. The Hall–Kier alpha value is -1.14.